The van der Waals surface area contributed by atoms with Gasteiger partial charge in [0.15, 0.2) is 0 Å². The molecular formula is C10H12F6N4O. The largest absolute Gasteiger partial charge is 0.451 e. The van der Waals surface area contributed by atoms with E-state index < -0.39 is 24.8 Å². The van der Waals surface area contributed by atoms with Crippen LogP contribution in [0.15, 0.2) is 6.07 Å². The number of ether oxygens (including phenoxy) is 1. The van der Waals surface area contributed by atoms with Gasteiger partial charge in [-0.05, 0) is 0 Å². The summed E-state index contributed by atoms with van der Waals surface area (Å²) in [5, 5.41) is 4.86. The van der Waals surface area contributed by atoms with Gasteiger partial charge in [-0.3, -0.25) is 0 Å². The molecule has 2 N–H and O–H groups in total. The van der Waals surface area contributed by atoms with Crippen LogP contribution in [0.5, 0.6) is 0 Å². The molecule has 0 aliphatic heterocycles. The van der Waals surface area contributed by atoms with Crippen LogP contribution in [0.4, 0.5) is 38.0 Å². The predicted molar refractivity (Wildman–Crippen MR) is 61.9 cm³/mol. The summed E-state index contributed by atoms with van der Waals surface area (Å²) in [4.78, 5) is 6.47. The van der Waals surface area contributed by atoms with E-state index in [2.05, 4.69) is 25.3 Å². The van der Waals surface area contributed by atoms with Crippen molar-refractivity contribution in [3.63, 3.8) is 0 Å². The van der Waals surface area contributed by atoms with E-state index in [0.29, 0.717) is 0 Å². The molecular weight excluding hydrogens is 306 g/mol. The van der Waals surface area contributed by atoms with Crippen LogP contribution < -0.4 is 10.6 Å². The Balaban J connectivity index is 2.59. The molecule has 0 saturated carbocycles. The van der Waals surface area contributed by atoms with E-state index in [9.17, 15) is 26.3 Å². The van der Waals surface area contributed by atoms with Gasteiger partial charge in [0.2, 0.25) is 5.82 Å². The summed E-state index contributed by atoms with van der Waals surface area (Å²) >= 11 is 0. The molecule has 120 valence electrons. The van der Waals surface area contributed by atoms with Crippen molar-refractivity contribution in [1.29, 1.82) is 0 Å². The van der Waals surface area contributed by atoms with E-state index in [1.807, 2.05) is 0 Å². The molecule has 0 aromatic carbocycles. The van der Waals surface area contributed by atoms with Crippen LogP contribution in [0, 0.1) is 0 Å². The molecule has 0 radical (unpaired) electrons. The van der Waals surface area contributed by atoms with E-state index in [-0.39, 0.29) is 24.8 Å². The molecule has 0 fully saturated rings. The maximum atomic E-state index is 12.5. The summed E-state index contributed by atoms with van der Waals surface area (Å²) in [5.74, 6) is -1.60. The van der Waals surface area contributed by atoms with Crippen LogP contribution in [0.2, 0.25) is 0 Å². The first-order valence-corrected chi connectivity index (χ1v) is 5.64. The monoisotopic (exact) mass is 318 g/mol. The van der Waals surface area contributed by atoms with Crippen LogP contribution in [-0.2, 0) is 10.9 Å². The lowest BCUT2D eigenvalue weighted by atomic mass is 10.4. The fourth-order valence-electron chi connectivity index (χ4n) is 1.23. The normalized spacial score (nSPS) is 12.3. The summed E-state index contributed by atoms with van der Waals surface area (Å²) in [6, 6.07) is 1.19. The van der Waals surface area contributed by atoms with E-state index in [0.717, 1.165) is 0 Å². The average Bonchev–Trinajstić information content (AvgIpc) is 2.35. The Hall–Kier alpha value is -1.78. The van der Waals surface area contributed by atoms with Crippen molar-refractivity contribution in [2.75, 3.05) is 37.4 Å². The van der Waals surface area contributed by atoms with Gasteiger partial charge >= 0.3 is 12.4 Å². The first-order valence-electron chi connectivity index (χ1n) is 5.64. The van der Waals surface area contributed by atoms with Gasteiger partial charge in [-0.1, -0.05) is 0 Å². The third kappa shape index (κ3) is 6.47. The van der Waals surface area contributed by atoms with Crippen molar-refractivity contribution >= 4 is 11.6 Å². The second-order valence-electron chi connectivity index (χ2n) is 3.80. The molecule has 0 aliphatic rings. The number of hydrogen-bond acceptors (Lipinski definition) is 5. The minimum atomic E-state index is -4.73. The first-order chi connectivity index (χ1) is 9.62. The SMILES string of the molecule is CNc1cc(NCCOCC(F)(F)F)nc(C(F)(F)F)n1. The standard InChI is InChI=1S/C10H12F6N4O/c1-17-6-4-7(20-8(19-6)10(14,15)16)18-2-3-21-5-9(11,12)13/h4H,2-3,5H2,1H3,(H2,17,18,19,20). The first kappa shape index (κ1) is 17.3. The zero-order chi connectivity index (χ0) is 16.1. The summed E-state index contributed by atoms with van der Waals surface area (Å²) < 4.78 is 77.3. The van der Waals surface area contributed by atoms with Gasteiger partial charge in [0, 0.05) is 19.7 Å². The molecule has 0 amide bonds. The second-order valence-corrected chi connectivity index (χ2v) is 3.80. The van der Waals surface area contributed by atoms with Crippen molar-refractivity contribution in [1.82, 2.24) is 9.97 Å². The van der Waals surface area contributed by atoms with Crippen LogP contribution in [-0.4, -0.2) is 43.0 Å². The predicted octanol–water partition coefficient (Wildman–Crippen LogP) is 2.53. The lowest BCUT2D eigenvalue weighted by Gasteiger charge is -2.12. The van der Waals surface area contributed by atoms with E-state index >= 15 is 0 Å². The topological polar surface area (TPSA) is 59.1 Å². The Bertz CT molecular complexity index is 462. The molecule has 0 atom stereocenters. The molecule has 0 bridgehead atoms. The van der Waals surface area contributed by atoms with E-state index in [4.69, 9.17) is 0 Å². The van der Waals surface area contributed by atoms with Gasteiger partial charge in [0.05, 0.1) is 6.61 Å². The quantitative estimate of drug-likeness (QED) is 0.623. The highest BCUT2D eigenvalue weighted by molar-refractivity contribution is 5.47. The number of anilines is 2. The highest BCUT2D eigenvalue weighted by atomic mass is 19.4. The molecule has 0 aliphatic carbocycles. The molecule has 0 spiro atoms. The van der Waals surface area contributed by atoms with Crippen molar-refractivity contribution < 1.29 is 31.1 Å². The van der Waals surface area contributed by atoms with Crippen molar-refractivity contribution in [3.05, 3.63) is 11.9 Å². The highest BCUT2D eigenvalue weighted by Gasteiger charge is 2.35. The summed E-state index contributed by atoms with van der Waals surface area (Å²) in [7, 11) is 1.37. The maximum absolute atomic E-state index is 12.5. The molecule has 0 unspecified atom stereocenters. The third-order valence-corrected chi connectivity index (χ3v) is 2.05. The summed E-state index contributed by atoms with van der Waals surface area (Å²) in [6.07, 6.45) is -9.17. The van der Waals surface area contributed by atoms with Crippen molar-refractivity contribution in [2.45, 2.75) is 12.4 Å². The van der Waals surface area contributed by atoms with E-state index in [1.54, 1.807) is 0 Å². The smallest absolute Gasteiger partial charge is 0.373 e. The number of nitrogens with zero attached hydrogens (tertiary/aromatic N) is 2. The Morgan fingerprint density at radius 1 is 1.10 bits per heavy atom. The van der Waals surface area contributed by atoms with Crippen molar-refractivity contribution in [2.24, 2.45) is 0 Å². The number of hydrogen-bond donors (Lipinski definition) is 2. The van der Waals surface area contributed by atoms with Crippen LogP contribution in [0.1, 0.15) is 5.82 Å². The molecule has 0 saturated heterocycles. The molecule has 5 nitrogen and oxygen atoms in total. The van der Waals surface area contributed by atoms with Gasteiger partial charge in [0.25, 0.3) is 0 Å². The number of aromatic nitrogens is 2. The number of nitrogens with one attached hydrogen (secondary N) is 2. The number of halogens is 6. The molecule has 11 heteroatoms. The van der Waals surface area contributed by atoms with Gasteiger partial charge < -0.3 is 15.4 Å². The molecule has 1 aromatic heterocycles. The third-order valence-electron chi connectivity index (χ3n) is 2.05. The summed E-state index contributed by atoms with van der Waals surface area (Å²) in [6.45, 7) is -1.89. The molecule has 1 rings (SSSR count). The van der Waals surface area contributed by atoms with E-state index in [1.165, 1.54) is 13.1 Å². The number of rotatable bonds is 6. The molecule has 1 heterocycles. The Morgan fingerprint density at radius 3 is 2.24 bits per heavy atom. The average molecular weight is 318 g/mol. The van der Waals surface area contributed by atoms with Crippen LogP contribution in [0.25, 0.3) is 0 Å². The Kier molecular flexibility index (Phi) is 5.58. The highest BCUT2D eigenvalue weighted by Crippen LogP contribution is 2.28. The molecule has 21 heavy (non-hydrogen) atoms. The van der Waals surface area contributed by atoms with Gasteiger partial charge in [-0.2, -0.15) is 26.3 Å². The zero-order valence-electron chi connectivity index (χ0n) is 10.8. The maximum Gasteiger partial charge on any atom is 0.451 e. The minimum Gasteiger partial charge on any atom is -0.373 e. The Morgan fingerprint density at radius 2 is 1.71 bits per heavy atom. The fourth-order valence-corrected chi connectivity index (χ4v) is 1.23. The molecule has 1 aromatic rings. The van der Waals surface area contributed by atoms with Gasteiger partial charge in [-0.15, -0.1) is 0 Å². The Labute approximate surface area is 115 Å². The summed E-state index contributed by atoms with van der Waals surface area (Å²) in [5.41, 5.74) is 0. The lowest BCUT2D eigenvalue weighted by molar-refractivity contribution is -0.172. The van der Waals surface area contributed by atoms with Gasteiger partial charge in [0.1, 0.15) is 18.2 Å². The minimum absolute atomic E-state index is 0.0731. The zero-order valence-corrected chi connectivity index (χ0v) is 10.8. The van der Waals surface area contributed by atoms with Gasteiger partial charge in [-0.25, -0.2) is 9.97 Å². The second kappa shape index (κ2) is 6.78. The van der Waals surface area contributed by atoms with Crippen LogP contribution >= 0.6 is 0 Å². The van der Waals surface area contributed by atoms with Crippen LogP contribution in [0.3, 0.4) is 0 Å². The fraction of sp³-hybridized carbons (Fsp3) is 0.600. The number of alkyl halides is 6. The van der Waals surface area contributed by atoms with Crippen molar-refractivity contribution in [3.8, 4) is 0 Å². The lowest BCUT2D eigenvalue weighted by Crippen LogP contribution is -2.21.